The van der Waals surface area contributed by atoms with Gasteiger partial charge in [-0.05, 0) is 12.1 Å². The van der Waals surface area contributed by atoms with Crippen molar-refractivity contribution in [1.82, 2.24) is 4.98 Å². The molecule has 0 saturated carbocycles. The molecule has 1 saturated heterocycles. The van der Waals surface area contributed by atoms with Gasteiger partial charge in [-0.1, -0.05) is 11.6 Å². The Hall–Kier alpha value is -1.50. The fourth-order valence-corrected chi connectivity index (χ4v) is 2.28. The third kappa shape index (κ3) is 2.91. The molecule has 0 aliphatic carbocycles. The highest BCUT2D eigenvalue weighted by Crippen LogP contribution is 2.38. The molecule has 104 valence electrons. The standard InChI is InChI=1S/C11H11ClF3N3O/c12-6-1-2-9(17-3-6)18-4-7(10(16)19)8(5-18)11(13,14)15/h1-3,7-8H,4-5H2,(H2,16,19)/t7-,8-/m1/s1. The first kappa shape index (κ1) is 13.9. The van der Waals surface area contributed by atoms with Crippen LogP contribution < -0.4 is 10.6 Å². The van der Waals surface area contributed by atoms with Gasteiger partial charge < -0.3 is 10.6 Å². The summed E-state index contributed by atoms with van der Waals surface area (Å²) in [5, 5.41) is 0.391. The number of anilines is 1. The Morgan fingerprint density at radius 3 is 2.53 bits per heavy atom. The molecule has 0 unspecified atom stereocenters. The molecule has 2 rings (SSSR count). The zero-order chi connectivity index (χ0) is 14.2. The molecule has 19 heavy (non-hydrogen) atoms. The molecule has 2 N–H and O–H groups in total. The summed E-state index contributed by atoms with van der Waals surface area (Å²) in [5.74, 6) is -3.61. The molecule has 2 heterocycles. The molecular weight excluding hydrogens is 283 g/mol. The lowest BCUT2D eigenvalue weighted by Crippen LogP contribution is -2.37. The number of hydrogen-bond donors (Lipinski definition) is 1. The highest BCUT2D eigenvalue weighted by atomic mass is 35.5. The van der Waals surface area contributed by atoms with Gasteiger partial charge in [0.2, 0.25) is 5.91 Å². The van der Waals surface area contributed by atoms with Crippen LogP contribution in [0.5, 0.6) is 0 Å². The topological polar surface area (TPSA) is 59.2 Å². The van der Waals surface area contributed by atoms with Crippen LogP contribution in [-0.4, -0.2) is 30.2 Å². The van der Waals surface area contributed by atoms with Crippen molar-refractivity contribution in [2.45, 2.75) is 6.18 Å². The second kappa shape index (κ2) is 4.88. The number of pyridine rings is 1. The number of aromatic nitrogens is 1. The smallest absolute Gasteiger partial charge is 0.369 e. The summed E-state index contributed by atoms with van der Waals surface area (Å²) < 4.78 is 38.5. The number of carbonyl (C=O) groups is 1. The number of primary amides is 1. The van der Waals surface area contributed by atoms with Crippen LogP contribution in [0.3, 0.4) is 0 Å². The van der Waals surface area contributed by atoms with Gasteiger partial charge in [-0.25, -0.2) is 4.98 Å². The van der Waals surface area contributed by atoms with Gasteiger partial charge in [0.25, 0.3) is 0 Å². The van der Waals surface area contributed by atoms with E-state index >= 15 is 0 Å². The van der Waals surface area contributed by atoms with Crippen LogP contribution in [0.15, 0.2) is 18.3 Å². The van der Waals surface area contributed by atoms with Crippen LogP contribution in [0.2, 0.25) is 5.02 Å². The molecule has 4 nitrogen and oxygen atoms in total. The van der Waals surface area contributed by atoms with Crippen LogP contribution >= 0.6 is 11.6 Å². The van der Waals surface area contributed by atoms with Gasteiger partial charge in [0.15, 0.2) is 0 Å². The molecular formula is C11H11ClF3N3O. The van der Waals surface area contributed by atoms with E-state index in [-0.39, 0.29) is 13.1 Å². The van der Waals surface area contributed by atoms with Crippen LogP contribution in [0.25, 0.3) is 0 Å². The number of nitrogens with zero attached hydrogens (tertiary/aromatic N) is 2. The summed E-state index contributed by atoms with van der Waals surface area (Å²) in [4.78, 5) is 16.5. The number of rotatable bonds is 2. The van der Waals surface area contributed by atoms with Gasteiger partial charge in [-0.2, -0.15) is 13.2 Å². The molecule has 2 atom stereocenters. The molecule has 1 aliphatic rings. The molecule has 1 aromatic heterocycles. The van der Waals surface area contributed by atoms with Gasteiger partial charge in [-0.15, -0.1) is 0 Å². The van der Waals surface area contributed by atoms with Crippen molar-refractivity contribution in [2.24, 2.45) is 17.6 Å². The van der Waals surface area contributed by atoms with Crippen LogP contribution in [0, 0.1) is 11.8 Å². The van der Waals surface area contributed by atoms with E-state index in [9.17, 15) is 18.0 Å². The van der Waals surface area contributed by atoms with Gasteiger partial charge in [0.1, 0.15) is 5.82 Å². The van der Waals surface area contributed by atoms with E-state index in [0.717, 1.165) is 0 Å². The second-order valence-electron chi connectivity index (χ2n) is 4.40. The Kier molecular flexibility index (Phi) is 3.58. The summed E-state index contributed by atoms with van der Waals surface area (Å²) >= 11 is 5.66. The predicted molar refractivity (Wildman–Crippen MR) is 63.7 cm³/mol. The van der Waals surface area contributed by atoms with Crippen molar-refractivity contribution in [2.75, 3.05) is 18.0 Å². The Bertz CT molecular complexity index is 477. The van der Waals surface area contributed by atoms with E-state index in [2.05, 4.69) is 4.98 Å². The molecule has 1 aliphatic heterocycles. The third-order valence-corrected chi connectivity index (χ3v) is 3.37. The van der Waals surface area contributed by atoms with Gasteiger partial charge in [-0.3, -0.25) is 4.79 Å². The molecule has 1 amide bonds. The van der Waals surface area contributed by atoms with Crippen molar-refractivity contribution >= 4 is 23.3 Å². The second-order valence-corrected chi connectivity index (χ2v) is 4.83. The fourth-order valence-electron chi connectivity index (χ4n) is 2.17. The maximum atomic E-state index is 12.8. The van der Waals surface area contributed by atoms with Crippen molar-refractivity contribution in [3.63, 3.8) is 0 Å². The van der Waals surface area contributed by atoms with E-state index in [0.29, 0.717) is 10.8 Å². The lowest BCUT2D eigenvalue weighted by atomic mass is 9.95. The van der Waals surface area contributed by atoms with Crippen molar-refractivity contribution in [3.05, 3.63) is 23.4 Å². The Labute approximate surface area is 112 Å². The number of halogens is 4. The first-order valence-electron chi connectivity index (χ1n) is 5.51. The average molecular weight is 294 g/mol. The number of carbonyl (C=O) groups excluding carboxylic acids is 1. The Morgan fingerprint density at radius 1 is 1.42 bits per heavy atom. The molecule has 0 radical (unpaired) electrons. The number of alkyl halides is 3. The van der Waals surface area contributed by atoms with Crippen molar-refractivity contribution in [3.8, 4) is 0 Å². The highest BCUT2D eigenvalue weighted by molar-refractivity contribution is 6.30. The van der Waals surface area contributed by atoms with E-state index in [1.54, 1.807) is 0 Å². The van der Waals surface area contributed by atoms with Gasteiger partial charge in [0, 0.05) is 19.3 Å². The average Bonchev–Trinajstić information content (AvgIpc) is 2.74. The Morgan fingerprint density at radius 2 is 2.11 bits per heavy atom. The van der Waals surface area contributed by atoms with Crippen LogP contribution in [-0.2, 0) is 4.79 Å². The molecule has 1 fully saturated rings. The first-order valence-corrected chi connectivity index (χ1v) is 5.89. The summed E-state index contributed by atoms with van der Waals surface area (Å²) in [6.45, 7) is -0.417. The normalized spacial score (nSPS) is 23.7. The molecule has 0 bridgehead atoms. The highest BCUT2D eigenvalue weighted by Gasteiger charge is 2.52. The minimum Gasteiger partial charge on any atom is -0.369 e. The molecule has 1 aromatic rings. The van der Waals surface area contributed by atoms with E-state index < -0.39 is 23.9 Å². The van der Waals surface area contributed by atoms with Gasteiger partial charge >= 0.3 is 6.18 Å². The monoisotopic (exact) mass is 293 g/mol. The minimum absolute atomic E-state index is 0.0891. The lowest BCUT2D eigenvalue weighted by molar-refractivity contribution is -0.181. The largest absolute Gasteiger partial charge is 0.394 e. The van der Waals surface area contributed by atoms with E-state index in [1.165, 1.54) is 23.2 Å². The number of nitrogens with two attached hydrogens (primary N) is 1. The SMILES string of the molecule is NC(=O)[C@@H]1CN(c2ccc(Cl)cn2)C[C@H]1C(F)(F)F. The maximum Gasteiger partial charge on any atom is 0.394 e. The summed E-state index contributed by atoms with van der Waals surface area (Å²) in [6, 6.07) is 3.04. The molecule has 8 heteroatoms. The molecule has 0 aromatic carbocycles. The first-order chi connectivity index (χ1) is 8.79. The van der Waals surface area contributed by atoms with Crippen LogP contribution in [0.4, 0.5) is 19.0 Å². The van der Waals surface area contributed by atoms with E-state index in [4.69, 9.17) is 17.3 Å². The summed E-state index contributed by atoms with van der Waals surface area (Å²) in [5.41, 5.74) is 5.04. The Balaban J connectivity index is 2.23. The minimum atomic E-state index is -4.46. The lowest BCUT2D eigenvalue weighted by Gasteiger charge is -2.19. The zero-order valence-corrected chi connectivity index (χ0v) is 10.4. The van der Waals surface area contributed by atoms with Crippen LogP contribution in [0.1, 0.15) is 0 Å². The summed E-state index contributed by atoms with van der Waals surface area (Å²) in [7, 11) is 0. The maximum absolute atomic E-state index is 12.8. The van der Waals surface area contributed by atoms with Crippen molar-refractivity contribution in [1.29, 1.82) is 0 Å². The van der Waals surface area contributed by atoms with Gasteiger partial charge in [0.05, 0.1) is 16.9 Å². The molecule has 0 spiro atoms. The number of amides is 1. The van der Waals surface area contributed by atoms with Crippen molar-refractivity contribution < 1.29 is 18.0 Å². The van der Waals surface area contributed by atoms with E-state index in [1.807, 2.05) is 0 Å². The quantitative estimate of drug-likeness (QED) is 0.905. The third-order valence-electron chi connectivity index (χ3n) is 3.14. The zero-order valence-electron chi connectivity index (χ0n) is 9.69. The predicted octanol–water partition coefficient (Wildman–Crippen LogP) is 1.84. The number of hydrogen-bond acceptors (Lipinski definition) is 3. The summed E-state index contributed by atoms with van der Waals surface area (Å²) in [6.07, 6.45) is -3.11. The fraction of sp³-hybridized carbons (Fsp3) is 0.455.